The maximum absolute atomic E-state index is 13.2. The Hall–Kier alpha value is -4.30. The van der Waals surface area contributed by atoms with E-state index >= 15 is 0 Å². The number of halogens is 1. The van der Waals surface area contributed by atoms with E-state index in [1.165, 1.54) is 13.2 Å². The van der Waals surface area contributed by atoms with Crippen LogP contribution in [0.4, 0.5) is 4.79 Å². The van der Waals surface area contributed by atoms with E-state index in [4.69, 9.17) is 25.8 Å². The summed E-state index contributed by atoms with van der Waals surface area (Å²) in [6.07, 6.45) is 2.23. The average Bonchev–Trinajstić information content (AvgIpc) is 2.92. The van der Waals surface area contributed by atoms with Gasteiger partial charge in [0.2, 0.25) is 0 Å². The van der Waals surface area contributed by atoms with Crippen LogP contribution < -0.4 is 19.5 Å². The van der Waals surface area contributed by atoms with Gasteiger partial charge in [0, 0.05) is 0 Å². The van der Waals surface area contributed by atoms with Gasteiger partial charge in [-0.1, -0.05) is 61.0 Å². The van der Waals surface area contributed by atoms with Gasteiger partial charge in [0.25, 0.3) is 11.8 Å². The number of rotatable bonds is 10. The van der Waals surface area contributed by atoms with Gasteiger partial charge in [0.15, 0.2) is 11.5 Å². The molecule has 1 N–H and O–H groups in total. The minimum absolute atomic E-state index is 0.0628. The standard InChI is InChI=1S/C29H27ClN2O6/c1-3-13-37-25-12-10-21(16-26(25)36-2)17-32-28(34)22(27(33)31-29(32)35)14-20-9-11-24(23(30)15-20)38-18-19-7-5-4-6-8-19/h4-12,14-16H,3,13,17-18H2,1-2H3,(H,31,33,35)/b22-14+. The normalized spacial score (nSPS) is 14.4. The lowest BCUT2D eigenvalue weighted by molar-refractivity contribution is -0.130. The molecule has 8 nitrogen and oxygen atoms in total. The van der Waals surface area contributed by atoms with Crippen LogP contribution in [0.5, 0.6) is 17.2 Å². The number of hydrogen-bond donors (Lipinski definition) is 1. The number of nitrogens with zero attached hydrogens (tertiary/aromatic N) is 1. The Morgan fingerprint density at radius 2 is 1.66 bits per heavy atom. The van der Waals surface area contributed by atoms with E-state index in [0.29, 0.717) is 46.6 Å². The largest absolute Gasteiger partial charge is 0.493 e. The highest BCUT2D eigenvalue weighted by Crippen LogP contribution is 2.30. The van der Waals surface area contributed by atoms with E-state index in [1.807, 2.05) is 37.3 Å². The summed E-state index contributed by atoms with van der Waals surface area (Å²) < 4.78 is 16.8. The molecule has 1 saturated heterocycles. The predicted octanol–water partition coefficient (Wildman–Crippen LogP) is 5.38. The molecule has 3 aromatic carbocycles. The molecule has 3 aromatic rings. The molecule has 196 valence electrons. The number of hydrogen-bond acceptors (Lipinski definition) is 6. The molecule has 9 heteroatoms. The maximum atomic E-state index is 13.2. The van der Waals surface area contributed by atoms with Gasteiger partial charge >= 0.3 is 6.03 Å². The number of ether oxygens (including phenoxy) is 3. The first kappa shape index (κ1) is 26.8. The molecule has 1 aliphatic rings. The maximum Gasteiger partial charge on any atom is 0.331 e. The minimum Gasteiger partial charge on any atom is -0.493 e. The molecule has 0 aromatic heterocycles. The highest BCUT2D eigenvalue weighted by molar-refractivity contribution is 6.33. The van der Waals surface area contributed by atoms with Crippen molar-refractivity contribution in [2.45, 2.75) is 26.5 Å². The molecule has 1 aliphatic heterocycles. The van der Waals surface area contributed by atoms with Crippen molar-refractivity contribution in [3.05, 3.63) is 94.0 Å². The summed E-state index contributed by atoms with van der Waals surface area (Å²) >= 11 is 6.39. The van der Waals surface area contributed by atoms with E-state index in [9.17, 15) is 14.4 Å². The molecule has 0 bridgehead atoms. The smallest absolute Gasteiger partial charge is 0.331 e. The second-order valence-corrected chi connectivity index (χ2v) is 8.91. The Morgan fingerprint density at radius 3 is 2.37 bits per heavy atom. The van der Waals surface area contributed by atoms with Gasteiger partial charge in [-0.2, -0.15) is 0 Å². The SMILES string of the molecule is CCCOc1ccc(CN2C(=O)NC(=O)/C(=C\c3ccc(OCc4ccccc4)c(Cl)c3)C2=O)cc1OC. The van der Waals surface area contributed by atoms with Crippen LogP contribution in [0, 0.1) is 0 Å². The van der Waals surface area contributed by atoms with Gasteiger partial charge in [-0.05, 0) is 53.5 Å². The van der Waals surface area contributed by atoms with Crippen molar-refractivity contribution in [1.82, 2.24) is 10.2 Å². The molecule has 0 atom stereocenters. The summed E-state index contributed by atoms with van der Waals surface area (Å²) in [5.41, 5.74) is 1.94. The summed E-state index contributed by atoms with van der Waals surface area (Å²) in [6, 6.07) is 18.9. The summed E-state index contributed by atoms with van der Waals surface area (Å²) in [5.74, 6) is 0.0182. The first-order valence-corrected chi connectivity index (χ1v) is 12.4. The molecule has 0 radical (unpaired) electrons. The number of carbonyl (C=O) groups excluding carboxylic acids is 3. The van der Waals surface area contributed by atoms with Crippen LogP contribution in [0.15, 0.2) is 72.3 Å². The van der Waals surface area contributed by atoms with Crippen molar-refractivity contribution in [3.63, 3.8) is 0 Å². The average molecular weight is 535 g/mol. The van der Waals surface area contributed by atoms with Crippen LogP contribution >= 0.6 is 11.6 Å². The Labute approximate surface area is 225 Å². The van der Waals surface area contributed by atoms with Crippen LogP contribution in [0.1, 0.15) is 30.0 Å². The zero-order valence-electron chi connectivity index (χ0n) is 21.0. The fourth-order valence-corrected chi connectivity index (χ4v) is 4.03. The van der Waals surface area contributed by atoms with Crippen molar-refractivity contribution in [2.24, 2.45) is 0 Å². The van der Waals surface area contributed by atoms with Crippen LogP contribution in [0.3, 0.4) is 0 Å². The molecule has 1 fully saturated rings. The number of nitrogens with one attached hydrogen (secondary N) is 1. The zero-order chi connectivity index (χ0) is 27.1. The van der Waals surface area contributed by atoms with E-state index in [0.717, 1.165) is 16.9 Å². The lowest BCUT2D eigenvalue weighted by atomic mass is 10.1. The molecule has 0 saturated carbocycles. The lowest BCUT2D eigenvalue weighted by Gasteiger charge is -2.26. The highest BCUT2D eigenvalue weighted by atomic mass is 35.5. The molecule has 0 spiro atoms. The first-order valence-electron chi connectivity index (χ1n) is 12.0. The summed E-state index contributed by atoms with van der Waals surface area (Å²) in [7, 11) is 1.51. The molecular formula is C29H27ClN2O6. The zero-order valence-corrected chi connectivity index (χ0v) is 21.8. The van der Waals surface area contributed by atoms with Crippen molar-refractivity contribution >= 4 is 35.5 Å². The number of imide groups is 2. The Morgan fingerprint density at radius 1 is 0.895 bits per heavy atom. The number of methoxy groups -OCH3 is 1. The Balaban J connectivity index is 1.51. The summed E-state index contributed by atoms with van der Waals surface area (Å²) in [4.78, 5) is 39.2. The van der Waals surface area contributed by atoms with Gasteiger partial charge in [0.05, 0.1) is 25.3 Å². The van der Waals surface area contributed by atoms with Crippen molar-refractivity contribution in [1.29, 1.82) is 0 Å². The van der Waals surface area contributed by atoms with Crippen molar-refractivity contribution in [2.75, 3.05) is 13.7 Å². The second kappa shape index (κ2) is 12.3. The van der Waals surface area contributed by atoms with Crippen LogP contribution in [-0.4, -0.2) is 36.5 Å². The van der Waals surface area contributed by atoms with E-state index in [2.05, 4.69) is 5.32 Å². The quantitative estimate of drug-likeness (QED) is 0.277. The fourth-order valence-electron chi connectivity index (χ4n) is 3.79. The molecule has 38 heavy (non-hydrogen) atoms. The Kier molecular flexibility index (Phi) is 8.66. The molecular weight excluding hydrogens is 508 g/mol. The van der Waals surface area contributed by atoms with E-state index in [-0.39, 0.29) is 12.1 Å². The number of benzene rings is 3. The molecule has 1 heterocycles. The number of carbonyl (C=O) groups is 3. The fraction of sp³-hybridized carbons (Fsp3) is 0.207. The highest BCUT2D eigenvalue weighted by Gasteiger charge is 2.35. The number of barbiturate groups is 1. The van der Waals surface area contributed by atoms with Gasteiger partial charge < -0.3 is 14.2 Å². The van der Waals surface area contributed by atoms with E-state index < -0.39 is 17.8 Å². The van der Waals surface area contributed by atoms with Gasteiger partial charge in [-0.15, -0.1) is 0 Å². The third-order valence-electron chi connectivity index (χ3n) is 5.72. The van der Waals surface area contributed by atoms with Gasteiger partial charge in [-0.25, -0.2) is 4.79 Å². The van der Waals surface area contributed by atoms with Crippen LogP contribution in [-0.2, 0) is 22.7 Å². The van der Waals surface area contributed by atoms with Gasteiger partial charge in [0.1, 0.15) is 17.9 Å². The third-order valence-corrected chi connectivity index (χ3v) is 6.02. The topological polar surface area (TPSA) is 94.2 Å². The van der Waals surface area contributed by atoms with Crippen molar-refractivity contribution in [3.8, 4) is 17.2 Å². The minimum atomic E-state index is -0.801. The first-order chi connectivity index (χ1) is 18.4. The third kappa shape index (κ3) is 6.33. The molecule has 4 amide bonds. The van der Waals surface area contributed by atoms with E-state index in [1.54, 1.807) is 36.4 Å². The number of amides is 4. The monoisotopic (exact) mass is 534 g/mol. The molecule has 0 unspecified atom stereocenters. The molecule has 0 aliphatic carbocycles. The lowest BCUT2D eigenvalue weighted by Crippen LogP contribution is -2.53. The molecule has 4 rings (SSSR count). The predicted molar refractivity (Wildman–Crippen MR) is 143 cm³/mol. The van der Waals surface area contributed by atoms with Crippen LogP contribution in [0.2, 0.25) is 5.02 Å². The second-order valence-electron chi connectivity index (χ2n) is 8.51. The van der Waals surface area contributed by atoms with Gasteiger partial charge in [-0.3, -0.25) is 19.8 Å². The summed E-state index contributed by atoms with van der Waals surface area (Å²) in [5, 5.41) is 2.55. The Bertz CT molecular complexity index is 1370. The number of urea groups is 1. The summed E-state index contributed by atoms with van der Waals surface area (Å²) in [6.45, 7) is 2.81. The van der Waals surface area contributed by atoms with Crippen LogP contribution in [0.25, 0.3) is 6.08 Å². The van der Waals surface area contributed by atoms with Crippen molar-refractivity contribution < 1.29 is 28.6 Å².